The van der Waals surface area contributed by atoms with E-state index in [1.54, 1.807) is 6.08 Å². The van der Waals surface area contributed by atoms with Gasteiger partial charge in [-0.2, -0.15) is 0 Å². The molecule has 0 saturated carbocycles. The lowest BCUT2D eigenvalue weighted by atomic mass is 10.0. The number of allylic oxidation sites excluding steroid dienone is 1. The Kier molecular flexibility index (Phi) is 16.0. The fourth-order valence-corrected chi connectivity index (χ4v) is 2.81. The summed E-state index contributed by atoms with van der Waals surface area (Å²) >= 11 is 0. The van der Waals surface area contributed by atoms with E-state index in [1.165, 1.54) is 96.0 Å². The summed E-state index contributed by atoms with van der Waals surface area (Å²) in [6.45, 7) is 2.27. The van der Waals surface area contributed by atoms with Gasteiger partial charge >= 0.3 is 5.97 Å². The molecule has 130 valence electrons. The van der Waals surface area contributed by atoms with E-state index < -0.39 is 5.97 Å². The SMILES string of the molecule is [2H]OC(=O)C=CCCCCCCCCCCCCCCCCC. The minimum absolute atomic E-state index is 0.578. The van der Waals surface area contributed by atoms with Gasteiger partial charge in [0.05, 0.1) is 0 Å². The van der Waals surface area contributed by atoms with Gasteiger partial charge in [-0.25, -0.2) is 4.79 Å². The fraction of sp³-hybridized carbons (Fsp3) is 0.850. The molecule has 0 aliphatic heterocycles. The normalized spacial score (nSPS) is 11.8. The third kappa shape index (κ3) is 19.2. The molecule has 0 aromatic carbocycles. The van der Waals surface area contributed by atoms with Gasteiger partial charge in [-0.15, -0.1) is 0 Å². The van der Waals surface area contributed by atoms with Crippen LogP contribution in [0.1, 0.15) is 110 Å². The van der Waals surface area contributed by atoms with Gasteiger partial charge in [0.25, 0.3) is 1.43 Å². The summed E-state index contributed by atoms with van der Waals surface area (Å²) in [6.07, 6.45) is 24.6. The molecule has 0 aromatic heterocycles. The quantitative estimate of drug-likeness (QED) is 0.234. The molecule has 0 spiro atoms. The van der Waals surface area contributed by atoms with Crippen molar-refractivity contribution in [3.05, 3.63) is 12.2 Å². The molecule has 0 aliphatic rings. The smallest absolute Gasteiger partial charge is 0.327 e. The number of unbranched alkanes of at least 4 members (excludes halogenated alkanes) is 15. The third-order valence-corrected chi connectivity index (χ3v) is 4.23. The Morgan fingerprint density at radius 3 is 1.59 bits per heavy atom. The molecule has 0 rings (SSSR count). The second-order valence-electron chi connectivity index (χ2n) is 6.46. The van der Waals surface area contributed by atoms with Crippen LogP contribution in [-0.2, 0) is 4.79 Å². The number of carboxylic acids is 1. The van der Waals surface area contributed by atoms with Crippen molar-refractivity contribution in [1.29, 1.82) is 1.43 Å². The fourth-order valence-electron chi connectivity index (χ4n) is 2.81. The highest BCUT2D eigenvalue weighted by Gasteiger charge is 1.94. The number of hydrogen-bond donors (Lipinski definition) is 1. The highest BCUT2D eigenvalue weighted by atomic mass is 16.4. The van der Waals surface area contributed by atoms with Crippen LogP contribution in [0.4, 0.5) is 0 Å². The van der Waals surface area contributed by atoms with Gasteiger partial charge in [0.15, 0.2) is 0 Å². The first-order valence-electron chi connectivity index (χ1n) is 10.1. The molecule has 0 bridgehead atoms. The molecular formula is C20H38O2. The van der Waals surface area contributed by atoms with E-state index in [4.69, 9.17) is 1.43 Å². The van der Waals surface area contributed by atoms with Crippen molar-refractivity contribution in [3.63, 3.8) is 0 Å². The van der Waals surface area contributed by atoms with Crippen molar-refractivity contribution < 1.29 is 9.90 Å². The molecule has 0 heterocycles. The number of carboxylic acid groups (broad SMARTS) is 1. The molecule has 2 heteroatoms. The van der Waals surface area contributed by atoms with Crippen molar-refractivity contribution in [3.8, 4) is 0 Å². The molecule has 1 N–H and O–H groups in total. The maximum Gasteiger partial charge on any atom is 0.327 e. The largest absolute Gasteiger partial charge is 0.478 e. The first-order chi connectivity index (χ1) is 11.3. The molecule has 2 nitrogen and oxygen atoms in total. The average molecular weight is 312 g/mol. The maximum absolute atomic E-state index is 10.7. The Labute approximate surface area is 139 Å². The standard InChI is InChI=1S/C20H38O2/c1-2-3-4-5-6-7-8-9-10-11-12-13-14-15-16-17-18-19-20(21)22/h18-19H,2-17H2,1H3,(H,21,22)/i/hD. The lowest BCUT2D eigenvalue weighted by molar-refractivity contribution is -0.131. The Balaban J connectivity index is 3.05. The number of carbonyl (C=O) groups is 1. The van der Waals surface area contributed by atoms with Crippen LogP contribution in [0.15, 0.2) is 12.2 Å². The van der Waals surface area contributed by atoms with Crippen molar-refractivity contribution in [2.24, 2.45) is 0 Å². The Morgan fingerprint density at radius 2 is 1.18 bits per heavy atom. The van der Waals surface area contributed by atoms with E-state index in [9.17, 15) is 4.79 Å². The Morgan fingerprint density at radius 1 is 0.773 bits per heavy atom. The van der Waals surface area contributed by atoms with Crippen molar-refractivity contribution >= 4 is 5.97 Å². The highest BCUT2D eigenvalue weighted by Crippen LogP contribution is 2.13. The topological polar surface area (TPSA) is 37.3 Å². The van der Waals surface area contributed by atoms with Crippen LogP contribution in [0, 0.1) is 0 Å². The van der Waals surface area contributed by atoms with Gasteiger partial charge in [0, 0.05) is 6.08 Å². The summed E-state index contributed by atoms with van der Waals surface area (Å²) < 4.78 is 6.41. The van der Waals surface area contributed by atoms with E-state index in [-0.39, 0.29) is 0 Å². The molecule has 0 radical (unpaired) electrons. The predicted molar refractivity (Wildman–Crippen MR) is 96.3 cm³/mol. The predicted octanol–water partition coefficient (Wildman–Crippen LogP) is 6.89. The van der Waals surface area contributed by atoms with Crippen LogP contribution in [0.5, 0.6) is 0 Å². The molecule has 0 unspecified atom stereocenters. The summed E-state index contributed by atoms with van der Waals surface area (Å²) in [5, 5.41) is 3.80. The number of rotatable bonds is 17. The first kappa shape index (κ1) is 19.3. The van der Waals surface area contributed by atoms with E-state index in [0.717, 1.165) is 12.8 Å². The van der Waals surface area contributed by atoms with E-state index in [1.807, 2.05) is 0 Å². The monoisotopic (exact) mass is 311 g/mol. The maximum atomic E-state index is 10.7. The van der Waals surface area contributed by atoms with Gasteiger partial charge < -0.3 is 5.11 Å². The van der Waals surface area contributed by atoms with Crippen molar-refractivity contribution in [2.75, 3.05) is 0 Å². The van der Waals surface area contributed by atoms with Crippen LogP contribution in [0.25, 0.3) is 1.43 Å². The van der Waals surface area contributed by atoms with Gasteiger partial charge in [0.2, 0.25) is 0 Å². The second-order valence-corrected chi connectivity index (χ2v) is 6.46. The minimum atomic E-state index is -0.578. The van der Waals surface area contributed by atoms with E-state index in [2.05, 4.69) is 12.0 Å². The number of hydrogen-bond acceptors (Lipinski definition) is 2. The Bertz CT molecular complexity index is 277. The average Bonchev–Trinajstić information content (AvgIpc) is 2.57. The zero-order chi connectivity index (χ0) is 17.0. The summed E-state index contributed by atoms with van der Waals surface area (Å²) in [5.74, 6) is -0.578. The molecule has 0 amide bonds. The van der Waals surface area contributed by atoms with Gasteiger partial charge in [-0.1, -0.05) is 103 Å². The van der Waals surface area contributed by atoms with E-state index in [0.29, 0.717) is 0 Å². The van der Waals surface area contributed by atoms with Crippen LogP contribution < -0.4 is 0 Å². The lowest BCUT2D eigenvalue weighted by Crippen LogP contribution is -1.86. The van der Waals surface area contributed by atoms with Crippen LogP contribution >= 0.6 is 0 Å². The van der Waals surface area contributed by atoms with Gasteiger partial charge in [-0.05, 0) is 12.8 Å². The van der Waals surface area contributed by atoms with E-state index >= 15 is 0 Å². The minimum Gasteiger partial charge on any atom is -0.478 e. The van der Waals surface area contributed by atoms with Gasteiger partial charge in [-0.3, -0.25) is 0 Å². The third-order valence-electron chi connectivity index (χ3n) is 4.23. The molecule has 0 saturated heterocycles. The van der Waals surface area contributed by atoms with Crippen molar-refractivity contribution in [1.82, 2.24) is 0 Å². The van der Waals surface area contributed by atoms with Crippen LogP contribution in [0.2, 0.25) is 0 Å². The summed E-state index contributed by atoms with van der Waals surface area (Å²) in [4.78, 5) is 10.7. The number of aliphatic carboxylic acids is 1. The summed E-state index contributed by atoms with van der Waals surface area (Å²) in [6, 6.07) is 0. The lowest BCUT2D eigenvalue weighted by Gasteiger charge is -2.03. The molecule has 0 aromatic rings. The zero-order valence-electron chi connectivity index (χ0n) is 15.8. The van der Waals surface area contributed by atoms with Crippen molar-refractivity contribution in [2.45, 2.75) is 110 Å². The molecular weight excluding hydrogens is 272 g/mol. The Hall–Kier alpha value is -0.790. The summed E-state index contributed by atoms with van der Waals surface area (Å²) in [5.41, 5.74) is 0. The zero-order valence-corrected chi connectivity index (χ0v) is 14.8. The first-order valence-corrected chi connectivity index (χ1v) is 9.65. The molecule has 22 heavy (non-hydrogen) atoms. The molecule has 0 fully saturated rings. The van der Waals surface area contributed by atoms with Gasteiger partial charge in [0.1, 0.15) is 0 Å². The second kappa shape index (κ2) is 18.3. The van der Waals surface area contributed by atoms with Crippen LogP contribution in [0.3, 0.4) is 0 Å². The highest BCUT2D eigenvalue weighted by molar-refractivity contribution is 5.79. The van der Waals surface area contributed by atoms with Crippen LogP contribution in [-0.4, -0.2) is 11.1 Å². The molecule has 0 aliphatic carbocycles. The summed E-state index contributed by atoms with van der Waals surface area (Å²) in [7, 11) is 0. The molecule has 0 atom stereocenters.